The normalized spacial score (nSPS) is 11.5. The zero-order valence-electron chi connectivity index (χ0n) is 21.3. The molecule has 0 amide bonds. The van der Waals surface area contributed by atoms with Gasteiger partial charge in [-0.05, 0) is 29.8 Å². The Morgan fingerprint density at radius 3 is 1.70 bits per heavy atom. The number of benzene rings is 3. The molecule has 1 unspecified atom stereocenters. The van der Waals surface area contributed by atoms with E-state index in [0.717, 1.165) is 0 Å². The predicted octanol–water partition coefficient (Wildman–Crippen LogP) is 1.38. The summed E-state index contributed by atoms with van der Waals surface area (Å²) in [5, 5.41) is 32.0. The van der Waals surface area contributed by atoms with E-state index in [1.807, 2.05) is 0 Å². The molecular formula is C26H28B2O9. The number of aliphatic hydroxyl groups is 1. The van der Waals surface area contributed by atoms with E-state index in [4.69, 9.17) is 44.1 Å². The summed E-state index contributed by atoms with van der Waals surface area (Å²) in [5.41, 5.74) is 1.76. The molecule has 1 atom stereocenters. The average molecular weight is 506 g/mol. The molecule has 3 rings (SSSR count). The quantitative estimate of drug-likeness (QED) is 0.332. The fourth-order valence-electron chi connectivity index (χ4n) is 4.03. The smallest absolute Gasteiger partial charge is 0.203 e. The van der Waals surface area contributed by atoms with E-state index in [1.54, 1.807) is 18.2 Å². The van der Waals surface area contributed by atoms with E-state index in [0.29, 0.717) is 33.6 Å². The summed E-state index contributed by atoms with van der Waals surface area (Å²) < 4.78 is 33.0. The van der Waals surface area contributed by atoms with Gasteiger partial charge in [-0.3, -0.25) is 0 Å². The minimum Gasteiger partial charge on any atom is -0.504 e. The van der Waals surface area contributed by atoms with Crippen molar-refractivity contribution in [1.82, 2.24) is 0 Å². The molecule has 0 heterocycles. The molecule has 0 aromatic heterocycles. The molecule has 192 valence electrons. The van der Waals surface area contributed by atoms with Crippen LogP contribution >= 0.6 is 0 Å². The summed E-state index contributed by atoms with van der Waals surface area (Å²) in [7, 11) is 19.0. The second kappa shape index (κ2) is 11.9. The van der Waals surface area contributed by atoms with Crippen molar-refractivity contribution in [2.24, 2.45) is 0 Å². The van der Waals surface area contributed by atoms with Crippen molar-refractivity contribution in [1.29, 1.82) is 0 Å². The van der Waals surface area contributed by atoms with Gasteiger partial charge < -0.3 is 43.7 Å². The highest BCUT2D eigenvalue weighted by atomic mass is 16.5. The molecule has 11 heteroatoms. The molecule has 0 fully saturated rings. The van der Waals surface area contributed by atoms with Crippen LogP contribution < -0.4 is 39.3 Å². The number of ether oxygens (including phenoxy) is 6. The molecule has 4 radical (unpaired) electrons. The Balaban J connectivity index is 2.20. The van der Waals surface area contributed by atoms with Crippen LogP contribution in [0.3, 0.4) is 0 Å². The monoisotopic (exact) mass is 506 g/mol. The third-order valence-corrected chi connectivity index (χ3v) is 5.73. The maximum absolute atomic E-state index is 10.9. The summed E-state index contributed by atoms with van der Waals surface area (Å²) in [4.78, 5) is 0. The molecule has 9 nitrogen and oxygen atoms in total. The van der Waals surface area contributed by atoms with Crippen LogP contribution in [0.5, 0.6) is 46.0 Å². The molecular weight excluding hydrogens is 478 g/mol. The number of phenolic OH excluding ortho intramolecular Hbond substituents is 2. The number of rotatable bonds is 11. The second-order valence-corrected chi connectivity index (χ2v) is 8.00. The van der Waals surface area contributed by atoms with Gasteiger partial charge in [0.25, 0.3) is 0 Å². The van der Waals surface area contributed by atoms with Gasteiger partial charge in [0.15, 0.2) is 34.5 Å². The highest BCUT2D eigenvalue weighted by Crippen LogP contribution is 2.50. The lowest BCUT2D eigenvalue weighted by molar-refractivity contribution is 0.109. The fraction of sp³-hybridized carbons (Fsp3) is 0.308. The number of aliphatic hydroxyl groups excluding tert-OH is 1. The SMILES string of the molecule is [B]c1cc(OC)c(OC(CO)Cc2cc(OC)c(O)c(OC)c2-c2cc([B])cc(OC)c2O)c(OC)c1. The van der Waals surface area contributed by atoms with E-state index in [-0.39, 0.29) is 46.5 Å². The number of methoxy groups -OCH3 is 5. The summed E-state index contributed by atoms with van der Waals surface area (Å²) in [6, 6.07) is 7.69. The standard InChI is InChI=1S/C26H28B2O9/c1-32-18-7-13(6-16(12-29)37-25-20(34-3)10-15(28)11-21(25)35-4)22(26(36-5)24(18)31)17-8-14(27)9-19(33-2)23(17)30/h7-11,16,29-31H,6,12H2,1-5H3. The molecule has 0 saturated carbocycles. The van der Waals surface area contributed by atoms with Crippen molar-refractivity contribution >= 4 is 26.6 Å². The highest BCUT2D eigenvalue weighted by Gasteiger charge is 2.27. The third kappa shape index (κ3) is 5.61. The molecule has 37 heavy (non-hydrogen) atoms. The van der Waals surface area contributed by atoms with E-state index in [2.05, 4.69) is 0 Å². The molecule has 3 aromatic rings. The first-order valence-corrected chi connectivity index (χ1v) is 11.1. The Morgan fingerprint density at radius 2 is 1.19 bits per heavy atom. The van der Waals surface area contributed by atoms with Crippen LogP contribution in [0.2, 0.25) is 0 Å². The molecule has 0 saturated heterocycles. The van der Waals surface area contributed by atoms with Gasteiger partial charge in [-0.25, -0.2) is 0 Å². The van der Waals surface area contributed by atoms with Gasteiger partial charge in [0, 0.05) is 17.5 Å². The van der Waals surface area contributed by atoms with Gasteiger partial charge in [0.2, 0.25) is 11.5 Å². The predicted molar refractivity (Wildman–Crippen MR) is 140 cm³/mol. The van der Waals surface area contributed by atoms with Gasteiger partial charge >= 0.3 is 0 Å². The summed E-state index contributed by atoms with van der Waals surface area (Å²) >= 11 is 0. The Hall–Kier alpha value is -3.85. The first-order chi connectivity index (χ1) is 17.7. The molecule has 0 aliphatic heterocycles. The lowest BCUT2D eigenvalue weighted by atomic mass is 9.87. The molecule has 0 bridgehead atoms. The van der Waals surface area contributed by atoms with Crippen LogP contribution in [0, 0.1) is 0 Å². The number of aromatic hydroxyl groups is 2. The molecule has 0 spiro atoms. The first-order valence-electron chi connectivity index (χ1n) is 11.1. The van der Waals surface area contributed by atoms with Crippen LogP contribution in [0.25, 0.3) is 11.1 Å². The van der Waals surface area contributed by atoms with Crippen LogP contribution in [0.15, 0.2) is 30.3 Å². The zero-order valence-corrected chi connectivity index (χ0v) is 21.3. The van der Waals surface area contributed by atoms with Crippen LogP contribution in [-0.4, -0.2) is 79.3 Å². The number of hydrogen-bond acceptors (Lipinski definition) is 9. The van der Waals surface area contributed by atoms with Crippen molar-refractivity contribution in [2.75, 3.05) is 42.2 Å². The minimum absolute atomic E-state index is 0.0247. The van der Waals surface area contributed by atoms with Crippen molar-refractivity contribution in [3.63, 3.8) is 0 Å². The van der Waals surface area contributed by atoms with Gasteiger partial charge in [-0.2, -0.15) is 0 Å². The van der Waals surface area contributed by atoms with Gasteiger partial charge in [-0.15, -0.1) is 0 Å². The summed E-state index contributed by atoms with van der Waals surface area (Å²) in [6.45, 7) is -0.409. The molecule has 0 aliphatic rings. The van der Waals surface area contributed by atoms with Crippen LogP contribution in [0.1, 0.15) is 5.56 Å². The highest BCUT2D eigenvalue weighted by molar-refractivity contribution is 6.33. The van der Waals surface area contributed by atoms with Crippen molar-refractivity contribution in [3.8, 4) is 57.1 Å². The number of phenols is 2. The fourth-order valence-corrected chi connectivity index (χ4v) is 4.03. The molecule has 0 aliphatic carbocycles. The Bertz CT molecular complexity index is 1240. The maximum atomic E-state index is 10.9. The van der Waals surface area contributed by atoms with Crippen LogP contribution in [-0.2, 0) is 6.42 Å². The molecule has 3 N–H and O–H groups in total. The van der Waals surface area contributed by atoms with E-state index in [1.165, 1.54) is 47.7 Å². The van der Waals surface area contributed by atoms with Crippen LogP contribution in [0.4, 0.5) is 0 Å². The first kappa shape index (κ1) is 27.7. The lowest BCUT2D eigenvalue weighted by Crippen LogP contribution is -2.25. The van der Waals surface area contributed by atoms with Crippen molar-refractivity contribution in [2.45, 2.75) is 12.5 Å². The summed E-state index contributed by atoms with van der Waals surface area (Å²) in [6.07, 6.45) is -0.763. The maximum Gasteiger partial charge on any atom is 0.203 e. The van der Waals surface area contributed by atoms with Gasteiger partial charge in [0.1, 0.15) is 21.8 Å². The zero-order chi connectivity index (χ0) is 27.3. The van der Waals surface area contributed by atoms with E-state index >= 15 is 0 Å². The summed E-state index contributed by atoms with van der Waals surface area (Å²) in [5.74, 6) is 0.638. The van der Waals surface area contributed by atoms with E-state index in [9.17, 15) is 15.3 Å². The third-order valence-electron chi connectivity index (χ3n) is 5.73. The van der Waals surface area contributed by atoms with Crippen molar-refractivity contribution in [3.05, 3.63) is 35.9 Å². The Kier molecular flexibility index (Phi) is 8.94. The molecule has 3 aromatic carbocycles. The second-order valence-electron chi connectivity index (χ2n) is 8.00. The topological polar surface area (TPSA) is 116 Å². The number of hydrogen-bond donors (Lipinski definition) is 3. The minimum atomic E-state index is -0.839. The average Bonchev–Trinajstić information content (AvgIpc) is 2.90. The van der Waals surface area contributed by atoms with Gasteiger partial charge in [0.05, 0.1) is 42.2 Å². The van der Waals surface area contributed by atoms with Crippen molar-refractivity contribution < 1.29 is 43.7 Å². The Labute approximate surface area is 218 Å². The van der Waals surface area contributed by atoms with E-state index < -0.39 is 12.7 Å². The lowest BCUT2D eigenvalue weighted by Gasteiger charge is -2.24. The van der Waals surface area contributed by atoms with Gasteiger partial charge in [-0.1, -0.05) is 17.0 Å². The largest absolute Gasteiger partial charge is 0.504 e. The Morgan fingerprint density at radius 1 is 0.676 bits per heavy atom.